The molecule has 0 spiro atoms. The lowest BCUT2D eigenvalue weighted by atomic mass is 9.65. The lowest BCUT2D eigenvalue weighted by Gasteiger charge is -2.46. The summed E-state index contributed by atoms with van der Waals surface area (Å²) < 4.78 is 2.39. The van der Waals surface area contributed by atoms with Gasteiger partial charge in [0.05, 0.1) is 0 Å². The lowest BCUT2D eigenvalue weighted by molar-refractivity contribution is 0.401. The van der Waals surface area contributed by atoms with E-state index >= 15 is 0 Å². The Kier molecular flexibility index (Phi) is 8.89. The van der Waals surface area contributed by atoms with Gasteiger partial charge in [0.15, 0.2) is 0 Å². The van der Waals surface area contributed by atoms with E-state index in [1.807, 2.05) is 0 Å². The van der Waals surface area contributed by atoms with Gasteiger partial charge in [0.1, 0.15) is 0 Å². The molecular weight excluding hydrogens is 498 g/mol. The Morgan fingerprint density at radius 1 is 0.667 bits per heavy atom. The molecule has 2 aromatic rings. The molecule has 0 aromatic heterocycles. The van der Waals surface area contributed by atoms with Crippen molar-refractivity contribution in [2.24, 2.45) is 0 Å². The second-order valence-electron chi connectivity index (χ2n) is 8.82. The predicted octanol–water partition coefficient (Wildman–Crippen LogP) is 9.91. The molecule has 0 radical (unpaired) electrons. The number of nitrogens with zero attached hydrogens (tertiary/aromatic N) is 1. The zero-order valence-corrected chi connectivity index (χ0v) is 22.1. The van der Waals surface area contributed by atoms with Gasteiger partial charge < -0.3 is 4.90 Å². The first-order chi connectivity index (χ1) is 14.6. The molecular formula is C27H37Br2N. The minimum atomic E-state index is 0.101. The molecule has 1 nitrogen and oxygen atoms in total. The molecule has 0 saturated carbocycles. The standard InChI is InChI=1S/C27H37Br2N/c1-4-7-10-11-18-30-25-14-12-21(28)19-23(25)27(16-8-5-2,17-9-6-3)24-20-22(29)13-15-26(24)30/h12-15,19-20H,4-11,16-18H2,1-3H3. The smallest absolute Gasteiger partial charge is 0.0453 e. The Bertz CT molecular complexity index is 766. The maximum atomic E-state index is 3.80. The molecule has 0 aliphatic carbocycles. The predicted molar refractivity (Wildman–Crippen MR) is 139 cm³/mol. The van der Waals surface area contributed by atoms with Crippen molar-refractivity contribution in [3.63, 3.8) is 0 Å². The minimum Gasteiger partial charge on any atom is -0.341 e. The van der Waals surface area contributed by atoms with Crippen molar-refractivity contribution in [3.8, 4) is 0 Å². The third-order valence-corrected chi connectivity index (χ3v) is 7.67. The molecule has 0 amide bonds. The van der Waals surface area contributed by atoms with Gasteiger partial charge in [0, 0.05) is 32.3 Å². The maximum Gasteiger partial charge on any atom is 0.0453 e. The molecule has 3 heteroatoms. The fraction of sp³-hybridized carbons (Fsp3) is 0.556. The molecule has 1 aliphatic rings. The fourth-order valence-electron chi connectivity index (χ4n) is 5.09. The molecule has 0 atom stereocenters. The van der Waals surface area contributed by atoms with Crippen molar-refractivity contribution in [1.82, 2.24) is 0 Å². The summed E-state index contributed by atoms with van der Waals surface area (Å²) in [6, 6.07) is 14.0. The van der Waals surface area contributed by atoms with Crippen molar-refractivity contribution in [2.45, 2.75) is 90.4 Å². The van der Waals surface area contributed by atoms with Gasteiger partial charge in [0.2, 0.25) is 0 Å². The molecule has 0 N–H and O–H groups in total. The SMILES string of the molecule is CCCCCCN1c2ccc(Br)cc2C(CCCC)(CCCC)c2cc(Br)ccc21. The second-order valence-corrected chi connectivity index (χ2v) is 10.7. The van der Waals surface area contributed by atoms with Crippen molar-refractivity contribution in [2.75, 3.05) is 11.4 Å². The summed E-state index contributed by atoms with van der Waals surface area (Å²) in [4.78, 5) is 2.61. The van der Waals surface area contributed by atoms with Crippen LogP contribution in [-0.4, -0.2) is 6.54 Å². The Balaban J connectivity index is 2.16. The van der Waals surface area contributed by atoms with Crippen LogP contribution in [0.2, 0.25) is 0 Å². The van der Waals surface area contributed by atoms with Crippen LogP contribution in [0.15, 0.2) is 45.3 Å². The van der Waals surface area contributed by atoms with Gasteiger partial charge in [-0.1, -0.05) is 97.6 Å². The van der Waals surface area contributed by atoms with Crippen LogP contribution in [0.3, 0.4) is 0 Å². The van der Waals surface area contributed by atoms with Crippen LogP contribution in [-0.2, 0) is 5.41 Å². The van der Waals surface area contributed by atoms with E-state index < -0.39 is 0 Å². The molecule has 1 aliphatic heterocycles. The number of unbranched alkanes of at least 4 members (excludes halogenated alkanes) is 5. The van der Waals surface area contributed by atoms with Crippen LogP contribution < -0.4 is 4.90 Å². The van der Waals surface area contributed by atoms with E-state index in [-0.39, 0.29) is 5.41 Å². The van der Waals surface area contributed by atoms with Gasteiger partial charge in [-0.2, -0.15) is 0 Å². The quantitative estimate of drug-likeness (QED) is 0.259. The number of benzene rings is 2. The molecule has 0 saturated heterocycles. The molecule has 30 heavy (non-hydrogen) atoms. The van der Waals surface area contributed by atoms with Crippen LogP contribution in [0, 0.1) is 0 Å². The third-order valence-electron chi connectivity index (χ3n) is 6.68. The van der Waals surface area contributed by atoms with Crippen LogP contribution in [0.5, 0.6) is 0 Å². The van der Waals surface area contributed by atoms with E-state index in [4.69, 9.17) is 0 Å². The number of halogens is 2. The first-order valence-electron chi connectivity index (χ1n) is 11.9. The topological polar surface area (TPSA) is 3.24 Å². The Morgan fingerprint density at radius 3 is 1.63 bits per heavy atom. The molecule has 3 rings (SSSR count). The molecule has 164 valence electrons. The van der Waals surface area contributed by atoms with E-state index in [1.165, 1.54) is 95.7 Å². The summed E-state index contributed by atoms with van der Waals surface area (Å²) in [5.74, 6) is 0. The van der Waals surface area contributed by atoms with Gasteiger partial charge in [-0.25, -0.2) is 0 Å². The fourth-order valence-corrected chi connectivity index (χ4v) is 5.81. The first-order valence-corrected chi connectivity index (χ1v) is 13.5. The normalized spacial score (nSPS) is 14.5. The second kappa shape index (κ2) is 11.2. The van der Waals surface area contributed by atoms with E-state index in [1.54, 1.807) is 0 Å². The van der Waals surface area contributed by atoms with Crippen molar-refractivity contribution in [1.29, 1.82) is 0 Å². The highest BCUT2D eigenvalue weighted by Gasteiger charge is 2.42. The third kappa shape index (κ3) is 4.99. The van der Waals surface area contributed by atoms with Crippen molar-refractivity contribution >= 4 is 43.2 Å². The average Bonchev–Trinajstić information content (AvgIpc) is 2.75. The van der Waals surface area contributed by atoms with Gasteiger partial charge in [-0.3, -0.25) is 0 Å². The maximum absolute atomic E-state index is 3.80. The summed E-state index contributed by atoms with van der Waals surface area (Å²) in [6.07, 6.45) is 12.6. The zero-order valence-electron chi connectivity index (χ0n) is 18.9. The van der Waals surface area contributed by atoms with Crippen molar-refractivity contribution in [3.05, 3.63) is 56.5 Å². The van der Waals surface area contributed by atoms with Gasteiger partial charge >= 0.3 is 0 Å². The highest BCUT2D eigenvalue weighted by molar-refractivity contribution is 9.10. The van der Waals surface area contributed by atoms with Crippen LogP contribution in [0.1, 0.15) is 96.1 Å². The lowest BCUT2D eigenvalue weighted by Crippen LogP contribution is -2.37. The zero-order chi connectivity index (χ0) is 21.6. The van der Waals surface area contributed by atoms with Crippen LogP contribution in [0.4, 0.5) is 11.4 Å². The Hall–Kier alpha value is -0.800. The van der Waals surface area contributed by atoms with Gasteiger partial charge in [0.25, 0.3) is 0 Å². The monoisotopic (exact) mass is 533 g/mol. The Labute approximate surface area is 200 Å². The Morgan fingerprint density at radius 2 is 1.17 bits per heavy atom. The first kappa shape index (κ1) is 23.9. The summed E-state index contributed by atoms with van der Waals surface area (Å²) in [5, 5.41) is 0. The summed E-state index contributed by atoms with van der Waals surface area (Å²) in [5.41, 5.74) is 6.01. The summed E-state index contributed by atoms with van der Waals surface area (Å²) in [7, 11) is 0. The summed E-state index contributed by atoms with van der Waals surface area (Å²) in [6.45, 7) is 8.03. The van der Waals surface area contributed by atoms with E-state index in [0.717, 1.165) is 6.54 Å². The molecule has 0 unspecified atom stereocenters. The van der Waals surface area contributed by atoms with Crippen LogP contribution >= 0.6 is 31.9 Å². The number of hydrogen-bond acceptors (Lipinski definition) is 1. The minimum absolute atomic E-state index is 0.101. The highest BCUT2D eigenvalue weighted by Crippen LogP contribution is 2.55. The van der Waals surface area contributed by atoms with E-state index in [2.05, 4.69) is 93.9 Å². The average molecular weight is 535 g/mol. The number of hydrogen-bond donors (Lipinski definition) is 0. The number of fused-ring (bicyclic) bond motifs is 2. The van der Waals surface area contributed by atoms with E-state index in [9.17, 15) is 0 Å². The molecule has 0 bridgehead atoms. The summed E-state index contributed by atoms with van der Waals surface area (Å²) >= 11 is 7.60. The van der Waals surface area contributed by atoms with E-state index in [0.29, 0.717) is 0 Å². The number of anilines is 2. The van der Waals surface area contributed by atoms with Crippen LogP contribution in [0.25, 0.3) is 0 Å². The molecule has 0 fully saturated rings. The highest BCUT2D eigenvalue weighted by atomic mass is 79.9. The molecule has 1 heterocycles. The van der Waals surface area contributed by atoms with Gasteiger partial charge in [-0.05, 0) is 66.8 Å². The molecule has 2 aromatic carbocycles. The number of rotatable bonds is 11. The van der Waals surface area contributed by atoms with Gasteiger partial charge in [-0.15, -0.1) is 0 Å². The van der Waals surface area contributed by atoms with Crippen molar-refractivity contribution < 1.29 is 0 Å². The largest absolute Gasteiger partial charge is 0.341 e.